The standard InChI is InChI=1S/C17H25NO/c1-13(2)14-3-5-15(6-4-14)16-7-9-18(10-8-16)17-11-19-12-17/h3-6,13,16-17H,7-12H2,1-2H3. The highest BCUT2D eigenvalue weighted by atomic mass is 16.5. The first kappa shape index (κ1) is 13.1. The lowest BCUT2D eigenvalue weighted by molar-refractivity contribution is -0.0712. The summed E-state index contributed by atoms with van der Waals surface area (Å²) in [5.41, 5.74) is 2.99. The van der Waals surface area contributed by atoms with E-state index in [1.54, 1.807) is 0 Å². The van der Waals surface area contributed by atoms with E-state index in [-0.39, 0.29) is 0 Å². The molecule has 2 aliphatic heterocycles. The Bertz CT molecular complexity index is 400. The molecule has 0 N–H and O–H groups in total. The monoisotopic (exact) mass is 259 g/mol. The minimum absolute atomic E-state index is 0.634. The molecular weight excluding hydrogens is 234 g/mol. The molecule has 0 saturated carbocycles. The molecule has 0 unspecified atom stereocenters. The topological polar surface area (TPSA) is 12.5 Å². The highest BCUT2D eigenvalue weighted by molar-refractivity contribution is 5.27. The van der Waals surface area contributed by atoms with Crippen LogP contribution in [0, 0.1) is 0 Å². The Balaban J connectivity index is 1.58. The van der Waals surface area contributed by atoms with E-state index in [0.29, 0.717) is 12.0 Å². The van der Waals surface area contributed by atoms with Crippen LogP contribution in [0.25, 0.3) is 0 Å². The van der Waals surface area contributed by atoms with Gasteiger partial charge in [0.1, 0.15) is 0 Å². The molecule has 2 fully saturated rings. The Morgan fingerprint density at radius 2 is 1.68 bits per heavy atom. The van der Waals surface area contributed by atoms with E-state index >= 15 is 0 Å². The second-order valence-corrected chi connectivity index (χ2v) is 6.32. The molecule has 1 aromatic carbocycles. The lowest BCUT2D eigenvalue weighted by atomic mass is 9.87. The highest BCUT2D eigenvalue weighted by Crippen LogP contribution is 2.30. The zero-order valence-corrected chi connectivity index (χ0v) is 12.1. The maximum atomic E-state index is 5.29. The van der Waals surface area contributed by atoms with Crippen molar-refractivity contribution in [3.63, 3.8) is 0 Å². The van der Waals surface area contributed by atoms with Gasteiger partial charge in [0.05, 0.1) is 19.3 Å². The van der Waals surface area contributed by atoms with E-state index in [2.05, 4.69) is 43.0 Å². The summed E-state index contributed by atoms with van der Waals surface area (Å²) in [5, 5.41) is 0. The number of likely N-dealkylation sites (tertiary alicyclic amines) is 1. The van der Waals surface area contributed by atoms with Crippen molar-refractivity contribution in [2.75, 3.05) is 26.3 Å². The number of piperidine rings is 1. The lowest BCUT2D eigenvalue weighted by Crippen LogP contribution is -2.51. The van der Waals surface area contributed by atoms with Gasteiger partial charge in [-0.15, -0.1) is 0 Å². The molecule has 0 bridgehead atoms. The smallest absolute Gasteiger partial charge is 0.0645 e. The van der Waals surface area contributed by atoms with Gasteiger partial charge in [-0.1, -0.05) is 38.1 Å². The van der Waals surface area contributed by atoms with Crippen molar-refractivity contribution in [2.24, 2.45) is 0 Å². The van der Waals surface area contributed by atoms with Crippen molar-refractivity contribution < 1.29 is 4.74 Å². The van der Waals surface area contributed by atoms with Crippen LogP contribution in [0.15, 0.2) is 24.3 Å². The summed E-state index contributed by atoms with van der Waals surface area (Å²) in [6.07, 6.45) is 2.61. The zero-order valence-electron chi connectivity index (χ0n) is 12.1. The van der Waals surface area contributed by atoms with Gasteiger partial charge in [0, 0.05) is 0 Å². The van der Waals surface area contributed by atoms with Crippen molar-refractivity contribution in [3.05, 3.63) is 35.4 Å². The first-order valence-electron chi connectivity index (χ1n) is 7.65. The Kier molecular flexibility index (Phi) is 3.90. The van der Waals surface area contributed by atoms with Crippen molar-refractivity contribution in [3.8, 4) is 0 Å². The summed E-state index contributed by atoms with van der Waals surface area (Å²) in [4.78, 5) is 2.61. The summed E-state index contributed by atoms with van der Waals surface area (Å²) in [6, 6.07) is 10.0. The summed E-state index contributed by atoms with van der Waals surface area (Å²) < 4.78 is 5.29. The van der Waals surface area contributed by atoms with Crippen molar-refractivity contribution >= 4 is 0 Å². The molecule has 0 amide bonds. The fourth-order valence-electron chi connectivity index (χ4n) is 3.19. The molecule has 0 radical (unpaired) electrons. The summed E-state index contributed by atoms with van der Waals surface area (Å²) in [5.74, 6) is 1.40. The summed E-state index contributed by atoms with van der Waals surface area (Å²) in [7, 11) is 0. The second kappa shape index (κ2) is 5.64. The van der Waals surface area contributed by atoms with Gasteiger partial charge in [0.25, 0.3) is 0 Å². The van der Waals surface area contributed by atoms with Gasteiger partial charge in [-0.25, -0.2) is 0 Å². The highest BCUT2D eigenvalue weighted by Gasteiger charge is 2.29. The molecule has 3 rings (SSSR count). The average Bonchev–Trinajstić information content (AvgIpc) is 2.38. The van der Waals surface area contributed by atoms with E-state index in [4.69, 9.17) is 4.74 Å². The Morgan fingerprint density at radius 3 is 2.16 bits per heavy atom. The van der Waals surface area contributed by atoms with Crippen LogP contribution in [0.5, 0.6) is 0 Å². The maximum absolute atomic E-state index is 5.29. The van der Waals surface area contributed by atoms with Crippen molar-refractivity contribution in [1.82, 2.24) is 4.90 Å². The molecule has 104 valence electrons. The first-order chi connectivity index (χ1) is 9.24. The molecule has 0 aliphatic carbocycles. The van der Waals surface area contributed by atoms with Crippen LogP contribution in [0.2, 0.25) is 0 Å². The third-order valence-electron chi connectivity index (χ3n) is 4.74. The number of hydrogen-bond acceptors (Lipinski definition) is 2. The van der Waals surface area contributed by atoms with E-state index in [0.717, 1.165) is 19.1 Å². The van der Waals surface area contributed by atoms with Crippen LogP contribution in [0.4, 0.5) is 0 Å². The second-order valence-electron chi connectivity index (χ2n) is 6.32. The van der Waals surface area contributed by atoms with Gasteiger partial charge in [-0.3, -0.25) is 4.90 Å². The average molecular weight is 259 g/mol. The van der Waals surface area contributed by atoms with E-state index in [1.807, 2.05) is 0 Å². The predicted octanol–water partition coefficient (Wildman–Crippen LogP) is 3.39. The van der Waals surface area contributed by atoms with Gasteiger partial charge in [-0.2, -0.15) is 0 Å². The zero-order chi connectivity index (χ0) is 13.2. The van der Waals surface area contributed by atoms with E-state index < -0.39 is 0 Å². The summed E-state index contributed by atoms with van der Waals surface area (Å²) >= 11 is 0. The third-order valence-corrected chi connectivity index (χ3v) is 4.74. The summed E-state index contributed by atoms with van der Waals surface area (Å²) in [6.45, 7) is 8.90. The van der Waals surface area contributed by atoms with Crippen LogP contribution in [-0.4, -0.2) is 37.2 Å². The molecule has 2 aliphatic rings. The predicted molar refractivity (Wildman–Crippen MR) is 78.7 cm³/mol. The minimum Gasteiger partial charge on any atom is -0.378 e. The Hall–Kier alpha value is -0.860. The number of rotatable bonds is 3. The molecule has 2 saturated heterocycles. The van der Waals surface area contributed by atoms with Crippen LogP contribution in [-0.2, 0) is 4.74 Å². The molecule has 0 atom stereocenters. The quantitative estimate of drug-likeness (QED) is 0.825. The lowest BCUT2D eigenvalue weighted by Gasteiger charge is -2.41. The Labute approximate surface area is 116 Å². The van der Waals surface area contributed by atoms with Gasteiger partial charge in [-0.05, 0) is 48.9 Å². The normalized spacial score (nSPS) is 22.7. The van der Waals surface area contributed by atoms with Crippen LogP contribution in [0.3, 0.4) is 0 Å². The molecule has 2 heteroatoms. The molecule has 0 aromatic heterocycles. The molecule has 2 heterocycles. The first-order valence-corrected chi connectivity index (χ1v) is 7.65. The van der Waals surface area contributed by atoms with Gasteiger partial charge < -0.3 is 4.74 Å². The number of nitrogens with zero attached hydrogens (tertiary/aromatic N) is 1. The largest absolute Gasteiger partial charge is 0.378 e. The third kappa shape index (κ3) is 2.85. The van der Waals surface area contributed by atoms with Crippen LogP contribution in [0.1, 0.15) is 49.7 Å². The van der Waals surface area contributed by atoms with Gasteiger partial charge in [0.15, 0.2) is 0 Å². The number of ether oxygens (including phenoxy) is 1. The van der Waals surface area contributed by atoms with Crippen molar-refractivity contribution in [2.45, 2.75) is 44.6 Å². The molecule has 0 spiro atoms. The van der Waals surface area contributed by atoms with Gasteiger partial charge in [0.2, 0.25) is 0 Å². The number of hydrogen-bond donors (Lipinski definition) is 0. The van der Waals surface area contributed by atoms with Crippen molar-refractivity contribution in [1.29, 1.82) is 0 Å². The molecule has 1 aromatic rings. The minimum atomic E-state index is 0.634. The van der Waals surface area contributed by atoms with E-state index in [9.17, 15) is 0 Å². The fraction of sp³-hybridized carbons (Fsp3) is 0.647. The van der Waals surface area contributed by atoms with E-state index in [1.165, 1.54) is 37.1 Å². The Morgan fingerprint density at radius 1 is 1.05 bits per heavy atom. The molecule has 2 nitrogen and oxygen atoms in total. The van der Waals surface area contributed by atoms with Crippen LogP contribution < -0.4 is 0 Å². The van der Waals surface area contributed by atoms with Crippen LogP contribution >= 0.6 is 0 Å². The number of benzene rings is 1. The molecular formula is C17H25NO. The maximum Gasteiger partial charge on any atom is 0.0645 e. The fourth-order valence-corrected chi connectivity index (χ4v) is 3.19. The SMILES string of the molecule is CC(C)c1ccc(C2CCN(C3COC3)CC2)cc1. The van der Waals surface area contributed by atoms with Gasteiger partial charge >= 0.3 is 0 Å². The molecule has 19 heavy (non-hydrogen) atoms.